The lowest BCUT2D eigenvalue weighted by Gasteiger charge is -2.25. The first-order chi connectivity index (χ1) is 12.5. The molecule has 1 aromatic heterocycles. The van der Waals surface area contributed by atoms with Crippen molar-refractivity contribution in [2.45, 2.75) is 39.2 Å². The van der Waals surface area contributed by atoms with E-state index in [2.05, 4.69) is 0 Å². The fourth-order valence-electron chi connectivity index (χ4n) is 2.90. The molecule has 0 radical (unpaired) electrons. The molecule has 0 N–H and O–H groups in total. The van der Waals surface area contributed by atoms with E-state index in [9.17, 15) is 4.79 Å². The largest absolute Gasteiger partial charge is 0.376 e. The summed E-state index contributed by atoms with van der Waals surface area (Å²) in [4.78, 5) is 19.4. The first kappa shape index (κ1) is 19.6. The second-order valence-electron chi connectivity index (χ2n) is 6.53. The van der Waals surface area contributed by atoms with E-state index in [-0.39, 0.29) is 17.9 Å². The fourth-order valence-corrected chi connectivity index (χ4v) is 4.25. The SMILES string of the molecule is CCC(C)C(=O)N(CC1CCCO1)c1nc(-c2ccc(Cl)cc2Cl)cs1. The van der Waals surface area contributed by atoms with Gasteiger partial charge in [0, 0.05) is 28.5 Å². The normalized spacial score (nSPS) is 18.1. The predicted octanol–water partition coefficient (Wildman–Crippen LogP) is 5.68. The van der Waals surface area contributed by atoms with Gasteiger partial charge in [0.2, 0.25) is 5.91 Å². The summed E-state index contributed by atoms with van der Waals surface area (Å²) in [5, 5.41) is 3.75. The van der Waals surface area contributed by atoms with E-state index in [4.69, 9.17) is 32.9 Å². The molecule has 1 aliphatic heterocycles. The van der Waals surface area contributed by atoms with E-state index in [1.54, 1.807) is 17.0 Å². The van der Waals surface area contributed by atoms with Gasteiger partial charge in [-0.15, -0.1) is 11.3 Å². The highest BCUT2D eigenvalue weighted by atomic mass is 35.5. The molecule has 2 atom stereocenters. The van der Waals surface area contributed by atoms with Crippen molar-refractivity contribution in [3.63, 3.8) is 0 Å². The smallest absolute Gasteiger partial charge is 0.231 e. The van der Waals surface area contributed by atoms with Crippen molar-refractivity contribution in [3.05, 3.63) is 33.6 Å². The molecule has 0 spiro atoms. The van der Waals surface area contributed by atoms with Gasteiger partial charge in [0.15, 0.2) is 5.13 Å². The fraction of sp³-hybridized carbons (Fsp3) is 0.474. The highest BCUT2D eigenvalue weighted by Crippen LogP contribution is 2.34. The number of thiazole rings is 1. The summed E-state index contributed by atoms with van der Waals surface area (Å²) in [5.41, 5.74) is 1.56. The molecule has 1 fully saturated rings. The molecule has 0 saturated carbocycles. The van der Waals surface area contributed by atoms with Crippen molar-refractivity contribution < 1.29 is 9.53 Å². The molecule has 1 amide bonds. The van der Waals surface area contributed by atoms with Crippen LogP contribution in [0.25, 0.3) is 11.3 Å². The molecule has 26 heavy (non-hydrogen) atoms. The Morgan fingerprint density at radius 1 is 1.46 bits per heavy atom. The van der Waals surface area contributed by atoms with E-state index in [0.29, 0.717) is 21.7 Å². The molecular weight excluding hydrogens is 391 g/mol. The number of aromatic nitrogens is 1. The summed E-state index contributed by atoms with van der Waals surface area (Å²) in [6.07, 6.45) is 2.89. The maximum atomic E-state index is 12.9. The molecule has 1 aromatic carbocycles. The molecule has 140 valence electrons. The zero-order valence-electron chi connectivity index (χ0n) is 14.9. The second-order valence-corrected chi connectivity index (χ2v) is 8.21. The van der Waals surface area contributed by atoms with Gasteiger partial charge in [-0.2, -0.15) is 0 Å². The third-order valence-corrected chi connectivity index (χ3v) is 6.05. The number of ether oxygens (including phenoxy) is 1. The Hall–Kier alpha value is -1.14. The van der Waals surface area contributed by atoms with Gasteiger partial charge >= 0.3 is 0 Å². The molecule has 0 bridgehead atoms. The lowest BCUT2D eigenvalue weighted by atomic mass is 10.1. The van der Waals surface area contributed by atoms with Gasteiger partial charge in [0.1, 0.15) is 0 Å². The van der Waals surface area contributed by atoms with E-state index < -0.39 is 0 Å². The average molecular weight is 413 g/mol. The highest BCUT2D eigenvalue weighted by Gasteiger charge is 2.28. The van der Waals surface area contributed by atoms with Crippen LogP contribution in [0.5, 0.6) is 0 Å². The van der Waals surface area contributed by atoms with Crippen LogP contribution in [0.1, 0.15) is 33.1 Å². The molecule has 7 heteroatoms. The number of rotatable bonds is 6. The first-order valence-corrected chi connectivity index (χ1v) is 10.5. The number of carbonyl (C=O) groups excluding carboxylic acids is 1. The van der Waals surface area contributed by atoms with E-state index >= 15 is 0 Å². The number of hydrogen-bond acceptors (Lipinski definition) is 4. The molecule has 3 rings (SSSR count). The summed E-state index contributed by atoms with van der Waals surface area (Å²) in [6, 6.07) is 5.34. The van der Waals surface area contributed by atoms with Crippen molar-refractivity contribution in [3.8, 4) is 11.3 Å². The Morgan fingerprint density at radius 3 is 2.92 bits per heavy atom. The molecule has 1 aliphatic rings. The minimum absolute atomic E-state index is 0.0529. The quantitative estimate of drug-likeness (QED) is 0.612. The highest BCUT2D eigenvalue weighted by molar-refractivity contribution is 7.14. The topological polar surface area (TPSA) is 42.4 Å². The maximum absolute atomic E-state index is 12.9. The van der Waals surface area contributed by atoms with Crippen LogP contribution < -0.4 is 4.90 Å². The Kier molecular flexibility index (Phi) is 6.56. The minimum atomic E-state index is -0.0529. The average Bonchev–Trinajstić information content (AvgIpc) is 3.30. The van der Waals surface area contributed by atoms with Crippen molar-refractivity contribution in [1.82, 2.24) is 4.98 Å². The van der Waals surface area contributed by atoms with Crippen LogP contribution in [-0.4, -0.2) is 30.1 Å². The van der Waals surface area contributed by atoms with Gasteiger partial charge < -0.3 is 4.74 Å². The Balaban J connectivity index is 1.88. The molecule has 1 saturated heterocycles. The van der Waals surface area contributed by atoms with E-state index in [1.807, 2.05) is 25.3 Å². The van der Waals surface area contributed by atoms with E-state index in [1.165, 1.54) is 11.3 Å². The number of benzene rings is 1. The molecule has 2 heterocycles. The molecule has 2 aromatic rings. The monoisotopic (exact) mass is 412 g/mol. The van der Waals surface area contributed by atoms with Crippen LogP contribution in [-0.2, 0) is 9.53 Å². The Labute approximate surface area is 168 Å². The number of halogens is 2. The zero-order chi connectivity index (χ0) is 18.7. The minimum Gasteiger partial charge on any atom is -0.376 e. The summed E-state index contributed by atoms with van der Waals surface area (Å²) in [6.45, 7) is 5.28. The van der Waals surface area contributed by atoms with Crippen LogP contribution >= 0.6 is 34.5 Å². The number of nitrogens with zero attached hydrogens (tertiary/aromatic N) is 2. The van der Waals surface area contributed by atoms with Crippen molar-refractivity contribution in [2.24, 2.45) is 5.92 Å². The van der Waals surface area contributed by atoms with Gasteiger partial charge in [0.05, 0.1) is 23.4 Å². The molecule has 2 unspecified atom stereocenters. The molecular formula is C19H22Cl2N2O2S. The lowest BCUT2D eigenvalue weighted by Crippen LogP contribution is -2.40. The van der Waals surface area contributed by atoms with Crippen LogP contribution in [0, 0.1) is 5.92 Å². The van der Waals surface area contributed by atoms with Crippen LogP contribution in [0.15, 0.2) is 23.6 Å². The summed E-state index contributed by atoms with van der Waals surface area (Å²) < 4.78 is 5.74. The van der Waals surface area contributed by atoms with E-state index in [0.717, 1.165) is 37.1 Å². The Morgan fingerprint density at radius 2 is 2.27 bits per heavy atom. The van der Waals surface area contributed by atoms with Crippen molar-refractivity contribution in [1.29, 1.82) is 0 Å². The number of hydrogen-bond donors (Lipinski definition) is 0. The number of carbonyl (C=O) groups is 1. The van der Waals surface area contributed by atoms with Gasteiger partial charge in [-0.25, -0.2) is 4.98 Å². The van der Waals surface area contributed by atoms with Gasteiger partial charge in [-0.05, 0) is 37.5 Å². The lowest BCUT2D eigenvalue weighted by molar-refractivity contribution is -0.122. The third-order valence-electron chi connectivity index (χ3n) is 4.64. The summed E-state index contributed by atoms with van der Waals surface area (Å²) >= 11 is 13.7. The predicted molar refractivity (Wildman–Crippen MR) is 108 cm³/mol. The molecule has 0 aliphatic carbocycles. The van der Waals surface area contributed by atoms with Crippen LogP contribution in [0.3, 0.4) is 0 Å². The Bertz CT molecular complexity index is 775. The standard InChI is InChI=1S/C19H22Cl2N2O2S/c1-3-12(2)18(24)23(10-14-5-4-8-25-14)19-22-17(11-26-19)15-7-6-13(20)9-16(15)21/h6-7,9,11-12,14H,3-5,8,10H2,1-2H3. The number of anilines is 1. The molecule has 4 nitrogen and oxygen atoms in total. The summed E-state index contributed by atoms with van der Waals surface area (Å²) in [5.74, 6) is 0.0361. The van der Waals surface area contributed by atoms with Gasteiger partial charge in [-0.3, -0.25) is 9.69 Å². The first-order valence-electron chi connectivity index (χ1n) is 8.83. The van der Waals surface area contributed by atoms with Gasteiger partial charge in [0.25, 0.3) is 0 Å². The van der Waals surface area contributed by atoms with Crippen molar-refractivity contribution in [2.75, 3.05) is 18.1 Å². The van der Waals surface area contributed by atoms with Crippen molar-refractivity contribution >= 4 is 45.6 Å². The number of amides is 1. The van der Waals surface area contributed by atoms with Crippen LogP contribution in [0.2, 0.25) is 10.0 Å². The summed E-state index contributed by atoms with van der Waals surface area (Å²) in [7, 11) is 0. The zero-order valence-corrected chi connectivity index (χ0v) is 17.2. The second kappa shape index (κ2) is 8.70. The third kappa shape index (κ3) is 4.39. The van der Waals surface area contributed by atoms with Gasteiger partial charge in [-0.1, -0.05) is 37.0 Å². The van der Waals surface area contributed by atoms with Crippen LogP contribution in [0.4, 0.5) is 5.13 Å². The maximum Gasteiger partial charge on any atom is 0.231 e.